The molecule has 1 aromatic heterocycles. The molecule has 21 heavy (non-hydrogen) atoms. The van der Waals surface area contributed by atoms with Crippen molar-refractivity contribution in [2.45, 2.75) is 6.92 Å². The van der Waals surface area contributed by atoms with Gasteiger partial charge in [0.15, 0.2) is 0 Å². The van der Waals surface area contributed by atoms with Crippen LogP contribution in [0.15, 0.2) is 36.4 Å². The number of aromatic amines is 1. The number of amides is 1. The summed E-state index contributed by atoms with van der Waals surface area (Å²) in [5, 5.41) is 10.6. The summed E-state index contributed by atoms with van der Waals surface area (Å²) in [6.07, 6.45) is 0. The van der Waals surface area contributed by atoms with E-state index in [1.807, 2.05) is 13.0 Å². The molecular formula is C16H14FN3O. The average molecular weight is 283 g/mol. The molecule has 5 heteroatoms. The van der Waals surface area contributed by atoms with Gasteiger partial charge in [0.1, 0.15) is 11.5 Å². The Bertz CT molecular complexity index is 839. The summed E-state index contributed by atoms with van der Waals surface area (Å²) in [5.41, 5.74) is 3.57. The van der Waals surface area contributed by atoms with Gasteiger partial charge in [-0.2, -0.15) is 5.10 Å². The zero-order valence-corrected chi connectivity index (χ0v) is 11.7. The van der Waals surface area contributed by atoms with Crippen LogP contribution in [-0.2, 0) is 0 Å². The van der Waals surface area contributed by atoms with E-state index in [-0.39, 0.29) is 11.7 Å². The molecule has 0 unspecified atom stereocenters. The van der Waals surface area contributed by atoms with Crippen LogP contribution in [0, 0.1) is 12.7 Å². The molecule has 0 atom stereocenters. The second-order valence-corrected chi connectivity index (χ2v) is 4.87. The number of fused-ring (bicyclic) bond motifs is 1. The fourth-order valence-electron chi connectivity index (χ4n) is 2.41. The van der Waals surface area contributed by atoms with Crippen LogP contribution >= 0.6 is 0 Å². The number of nitrogens with one attached hydrogen (secondary N) is 2. The van der Waals surface area contributed by atoms with E-state index in [4.69, 9.17) is 0 Å². The van der Waals surface area contributed by atoms with Crippen molar-refractivity contribution in [2.24, 2.45) is 0 Å². The van der Waals surface area contributed by atoms with Gasteiger partial charge in [0, 0.05) is 23.6 Å². The highest BCUT2D eigenvalue weighted by Gasteiger charge is 2.14. The molecule has 106 valence electrons. The lowest BCUT2D eigenvalue weighted by atomic mass is 10.0. The largest absolute Gasteiger partial charge is 0.355 e. The van der Waals surface area contributed by atoms with Crippen LogP contribution in [0.1, 0.15) is 15.9 Å². The second kappa shape index (κ2) is 5.01. The Morgan fingerprint density at radius 2 is 2.10 bits per heavy atom. The van der Waals surface area contributed by atoms with E-state index in [1.165, 1.54) is 12.1 Å². The van der Waals surface area contributed by atoms with Gasteiger partial charge in [0.2, 0.25) is 0 Å². The Hall–Kier alpha value is -2.69. The van der Waals surface area contributed by atoms with E-state index < -0.39 is 0 Å². The van der Waals surface area contributed by atoms with Crippen molar-refractivity contribution in [1.29, 1.82) is 0 Å². The zero-order chi connectivity index (χ0) is 15.0. The smallest absolute Gasteiger partial charge is 0.251 e. The molecule has 3 aromatic rings. The number of rotatable bonds is 2. The molecule has 0 radical (unpaired) electrons. The molecule has 0 aliphatic carbocycles. The van der Waals surface area contributed by atoms with Crippen LogP contribution < -0.4 is 5.32 Å². The first kappa shape index (κ1) is 13.3. The number of H-pyrrole nitrogens is 1. The third kappa shape index (κ3) is 2.27. The van der Waals surface area contributed by atoms with Gasteiger partial charge in [0.05, 0.1) is 5.52 Å². The van der Waals surface area contributed by atoms with Gasteiger partial charge in [-0.3, -0.25) is 9.89 Å². The van der Waals surface area contributed by atoms with Crippen molar-refractivity contribution in [3.8, 4) is 11.3 Å². The van der Waals surface area contributed by atoms with Crippen molar-refractivity contribution in [3.05, 3.63) is 53.3 Å². The first-order valence-electron chi connectivity index (χ1n) is 6.57. The lowest BCUT2D eigenvalue weighted by molar-refractivity contribution is 0.0962. The molecule has 0 bridgehead atoms. The number of nitrogens with zero attached hydrogens (tertiary/aromatic N) is 1. The van der Waals surface area contributed by atoms with Crippen LogP contribution in [-0.4, -0.2) is 23.2 Å². The molecule has 0 saturated carbocycles. The predicted octanol–water partition coefficient (Wildman–Crippen LogP) is 3.04. The summed E-state index contributed by atoms with van der Waals surface area (Å²) in [7, 11) is 1.59. The van der Waals surface area contributed by atoms with Crippen molar-refractivity contribution in [1.82, 2.24) is 15.5 Å². The summed E-state index contributed by atoms with van der Waals surface area (Å²) in [6.45, 7) is 1.87. The van der Waals surface area contributed by atoms with E-state index >= 15 is 0 Å². The minimum atomic E-state index is -0.317. The summed E-state index contributed by atoms with van der Waals surface area (Å²) >= 11 is 0. The SMILES string of the molecule is CNC(=O)c1cc2c(-c3cccc(F)c3)n[nH]c2cc1C. The maximum Gasteiger partial charge on any atom is 0.251 e. The topological polar surface area (TPSA) is 57.8 Å². The normalized spacial score (nSPS) is 10.8. The number of carbonyl (C=O) groups excluding carboxylic acids is 1. The highest BCUT2D eigenvalue weighted by atomic mass is 19.1. The lowest BCUT2D eigenvalue weighted by Crippen LogP contribution is -2.18. The van der Waals surface area contributed by atoms with Gasteiger partial charge in [0.25, 0.3) is 5.91 Å². The number of aromatic nitrogens is 2. The number of halogens is 1. The zero-order valence-electron chi connectivity index (χ0n) is 11.7. The van der Waals surface area contributed by atoms with Gasteiger partial charge in [-0.25, -0.2) is 4.39 Å². The van der Waals surface area contributed by atoms with E-state index in [2.05, 4.69) is 15.5 Å². The number of carbonyl (C=O) groups is 1. The number of hydrogen-bond donors (Lipinski definition) is 2. The summed E-state index contributed by atoms with van der Waals surface area (Å²) in [6, 6.07) is 9.90. The van der Waals surface area contributed by atoms with Crippen molar-refractivity contribution in [2.75, 3.05) is 7.05 Å². The van der Waals surface area contributed by atoms with Gasteiger partial charge in [-0.15, -0.1) is 0 Å². The van der Waals surface area contributed by atoms with Gasteiger partial charge in [-0.1, -0.05) is 12.1 Å². The standard InChI is InChI=1S/C16H14FN3O/c1-9-6-14-13(8-12(9)16(21)18-2)15(20-19-14)10-4-3-5-11(17)7-10/h3-8H,1-2H3,(H,18,21)(H,19,20). The van der Waals surface area contributed by atoms with E-state index in [1.54, 1.807) is 25.2 Å². The predicted molar refractivity (Wildman–Crippen MR) is 79.6 cm³/mol. The van der Waals surface area contributed by atoms with Crippen LogP contribution in [0.25, 0.3) is 22.2 Å². The Morgan fingerprint density at radius 1 is 1.29 bits per heavy atom. The molecule has 1 heterocycles. The molecule has 4 nitrogen and oxygen atoms in total. The Morgan fingerprint density at radius 3 is 2.81 bits per heavy atom. The Labute approximate surface area is 121 Å². The maximum atomic E-state index is 13.4. The van der Waals surface area contributed by atoms with Gasteiger partial charge >= 0.3 is 0 Å². The third-order valence-corrected chi connectivity index (χ3v) is 3.48. The van der Waals surface area contributed by atoms with E-state index in [0.29, 0.717) is 16.8 Å². The number of aryl methyl sites for hydroxylation is 1. The monoisotopic (exact) mass is 283 g/mol. The van der Waals surface area contributed by atoms with E-state index in [0.717, 1.165) is 16.5 Å². The van der Waals surface area contributed by atoms with Crippen molar-refractivity contribution in [3.63, 3.8) is 0 Å². The molecule has 2 N–H and O–H groups in total. The highest BCUT2D eigenvalue weighted by Crippen LogP contribution is 2.28. The summed E-state index contributed by atoms with van der Waals surface area (Å²) in [4.78, 5) is 11.9. The molecule has 2 aromatic carbocycles. The van der Waals surface area contributed by atoms with Crippen LogP contribution in [0.4, 0.5) is 4.39 Å². The lowest BCUT2D eigenvalue weighted by Gasteiger charge is -2.05. The minimum Gasteiger partial charge on any atom is -0.355 e. The third-order valence-electron chi connectivity index (χ3n) is 3.48. The van der Waals surface area contributed by atoms with Crippen LogP contribution in [0.5, 0.6) is 0 Å². The van der Waals surface area contributed by atoms with E-state index in [9.17, 15) is 9.18 Å². The average Bonchev–Trinajstić information content (AvgIpc) is 2.88. The molecule has 0 aliphatic rings. The second-order valence-electron chi connectivity index (χ2n) is 4.87. The molecule has 3 rings (SSSR count). The highest BCUT2D eigenvalue weighted by molar-refractivity contribution is 6.02. The quantitative estimate of drug-likeness (QED) is 0.759. The molecule has 1 amide bonds. The Kier molecular flexibility index (Phi) is 3.17. The first-order chi connectivity index (χ1) is 10.1. The number of hydrogen-bond acceptors (Lipinski definition) is 2. The fraction of sp³-hybridized carbons (Fsp3) is 0.125. The summed E-state index contributed by atoms with van der Waals surface area (Å²) in [5.74, 6) is -0.469. The first-order valence-corrected chi connectivity index (χ1v) is 6.57. The maximum absolute atomic E-state index is 13.4. The Balaban J connectivity index is 2.23. The fourth-order valence-corrected chi connectivity index (χ4v) is 2.41. The molecule has 0 fully saturated rings. The molecular weight excluding hydrogens is 269 g/mol. The van der Waals surface area contributed by atoms with Crippen molar-refractivity contribution < 1.29 is 9.18 Å². The summed E-state index contributed by atoms with van der Waals surface area (Å²) < 4.78 is 13.4. The van der Waals surface area contributed by atoms with Crippen molar-refractivity contribution >= 4 is 16.8 Å². The number of benzene rings is 2. The van der Waals surface area contributed by atoms with Crippen LogP contribution in [0.2, 0.25) is 0 Å². The molecule has 0 aliphatic heterocycles. The van der Waals surface area contributed by atoms with Gasteiger partial charge < -0.3 is 5.32 Å². The van der Waals surface area contributed by atoms with Crippen LogP contribution in [0.3, 0.4) is 0 Å². The van der Waals surface area contributed by atoms with Gasteiger partial charge in [-0.05, 0) is 36.8 Å². The molecule has 0 spiro atoms. The molecule has 0 saturated heterocycles. The minimum absolute atomic E-state index is 0.152.